The Morgan fingerprint density at radius 2 is 1.97 bits per heavy atom. The number of fused-ring (bicyclic) bond motifs is 1. The monoisotopic (exact) mass is 510 g/mol. The van der Waals surface area contributed by atoms with E-state index >= 15 is 0 Å². The maximum absolute atomic E-state index is 12.5. The number of carbonyl (C=O) groups excluding carboxylic acids is 1. The zero-order chi connectivity index (χ0) is 26.7. The summed E-state index contributed by atoms with van der Waals surface area (Å²) in [6, 6.07) is 7.40. The number of hydrogen-bond donors (Lipinski definition) is 2. The van der Waals surface area contributed by atoms with Crippen LogP contribution in [0.4, 0.5) is 0 Å². The Bertz CT molecular complexity index is 1280. The van der Waals surface area contributed by atoms with Crippen molar-refractivity contribution in [3.05, 3.63) is 51.9 Å². The third-order valence-corrected chi connectivity index (χ3v) is 6.75. The SMILES string of the molecule is Cc1cc(-c2nc3cc(CN[C@H](C(=O)OCC(C)C)[C@@H](C)O)ccc3n2C2CCOCC2)cn(C)c1=O. The topological polar surface area (TPSA) is 108 Å². The number of aromatic nitrogens is 3. The van der Waals surface area contributed by atoms with Crippen LogP contribution in [0.25, 0.3) is 22.4 Å². The second kappa shape index (κ2) is 11.6. The summed E-state index contributed by atoms with van der Waals surface area (Å²) in [5, 5.41) is 13.3. The van der Waals surface area contributed by atoms with Crippen molar-refractivity contribution in [2.24, 2.45) is 13.0 Å². The Morgan fingerprint density at radius 3 is 2.62 bits per heavy atom. The second-order valence-electron chi connectivity index (χ2n) is 10.4. The van der Waals surface area contributed by atoms with Gasteiger partial charge in [-0.1, -0.05) is 19.9 Å². The lowest BCUT2D eigenvalue weighted by atomic mass is 10.1. The number of nitrogens with zero attached hydrogens (tertiary/aromatic N) is 3. The molecule has 200 valence electrons. The summed E-state index contributed by atoms with van der Waals surface area (Å²) in [6.45, 7) is 9.43. The molecule has 0 spiro atoms. The maximum Gasteiger partial charge on any atom is 0.325 e. The van der Waals surface area contributed by atoms with E-state index in [2.05, 4.69) is 16.0 Å². The molecule has 0 amide bonds. The number of benzene rings is 1. The standard InChI is InChI=1S/C28H38N4O5/c1-17(2)16-37-28(35)25(19(4)33)29-14-20-6-7-24-23(13-20)30-26(32(24)22-8-10-36-11-9-22)21-12-18(3)27(34)31(5)15-21/h6-7,12-13,15,17,19,22,25,29,33H,8-11,14,16H2,1-5H3/t19-,25+/m1/s1. The van der Waals surface area contributed by atoms with Crippen LogP contribution < -0.4 is 10.9 Å². The highest BCUT2D eigenvalue weighted by Crippen LogP contribution is 2.33. The van der Waals surface area contributed by atoms with E-state index in [0.717, 1.165) is 40.8 Å². The molecule has 37 heavy (non-hydrogen) atoms. The Kier molecular flexibility index (Phi) is 8.46. The number of esters is 1. The second-order valence-corrected chi connectivity index (χ2v) is 10.4. The van der Waals surface area contributed by atoms with Crippen molar-refractivity contribution in [3.63, 3.8) is 0 Å². The number of aliphatic hydroxyl groups is 1. The van der Waals surface area contributed by atoms with Crippen LogP contribution in [0.3, 0.4) is 0 Å². The lowest BCUT2D eigenvalue weighted by Crippen LogP contribution is -2.45. The van der Waals surface area contributed by atoms with Gasteiger partial charge in [-0.2, -0.15) is 0 Å². The van der Waals surface area contributed by atoms with Gasteiger partial charge in [-0.15, -0.1) is 0 Å². The number of hydrogen-bond acceptors (Lipinski definition) is 7. The summed E-state index contributed by atoms with van der Waals surface area (Å²) >= 11 is 0. The molecule has 4 rings (SSSR count). The molecule has 9 heteroatoms. The van der Waals surface area contributed by atoms with E-state index in [0.29, 0.717) is 31.9 Å². The van der Waals surface area contributed by atoms with E-state index in [9.17, 15) is 14.7 Å². The van der Waals surface area contributed by atoms with Crippen molar-refractivity contribution in [3.8, 4) is 11.4 Å². The lowest BCUT2D eigenvalue weighted by molar-refractivity contribution is -0.150. The molecule has 0 radical (unpaired) electrons. The zero-order valence-corrected chi connectivity index (χ0v) is 22.4. The van der Waals surface area contributed by atoms with E-state index < -0.39 is 18.1 Å². The highest BCUT2D eigenvalue weighted by Gasteiger charge is 2.26. The maximum atomic E-state index is 12.5. The van der Waals surface area contributed by atoms with E-state index in [1.807, 2.05) is 45.2 Å². The molecule has 2 N–H and O–H groups in total. The van der Waals surface area contributed by atoms with Gasteiger partial charge in [0.1, 0.15) is 11.9 Å². The van der Waals surface area contributed by atoms with Crippen LogP contribution >= 0.6 is 0 Å². The van der Waals surface area contributed by atoms with Crippen molar-refractivity contribution in [2.45, 2.75) is 65.3 Å². The molecule has 3 heterocycles. The number of aliphatic hydroxyl groups excluding tert-OH is 1. The summed E-state index contributed by atoms with van der Waals surface area (Å²) in [5.41, 5.74) is 4.33. The first kappa shape index (κ1) is 27.0. The Balaban J connectivity index is 1.66. The summed E-state index contributed by atoms with van der Waals surface area (Å²) < 4.78 is 14.8. The molecule has 2 atom stereocenters. The minimum absolute atomic E-state index is 0.0228. The average Bonchev–Trinajstić information content (AvgIpc) is 3.25. The number of aryl methyl sites for hydroxylation is 2. The quantitative estimate of drug-likeness (QED) is 0.426. The molecule has 1 aromatic carbocycles. The first-order chi connectivity index (χ1) is 17.7. The minimum Gasteiger partial charge on any atom is -0.464 e. The third-order valence-electron chi connectivity index (χ3n) is 6.75. The predicted molar refractivity (Wildman–Crippen MR) is 142 cm³/mol. The highest BCUT2D eigenvalue weighted by molar-refractivity contribution is 5.82. The van der Waals surface area contributed by atoms with E-state index in [-0.39, 0.29) is 17.5 Å². The number of pyridine rings is 1. The molecule has 0 aliphatic carbocycles. The van der Waals surface area contributed by atoms with Gasteiger partial charge in [0.05, 0.1) is 23.7 Å². The summed E-state index contributed by atoms with van der Waals surface area (Å²) in [5.74, 6) is 0.586. The summed E-state index contributed by atoms with van der Waals surface area (Å²) in [7, 11) is 1.76. The van der Waals surface area contributed by atoms with Crippen LogP contribution in [0.15, 0.2) is 35.3 Å². The molecule has 1 aliphatic heterocycles. The van der Waals surface area contributed by atoms with Crippen LogP contribution in [-0.2, 0) is 27.9 Å². The van der Waals surface area contributed by atoms with Gasteiger partial charge in [-0.25, -0.2) is 4.98 Å². The fourth-order valence-electron chi connectivity index (χ4n) is 4.79. The number of carbonyl (C=O) groups is 1. The summed E-state index contributed by atoms with van der Waals surface area (Å²) in [6.07, 6.45) is 2.73. The molecule has 1 saturated heterocycles. The molecule has 1 fully saturated rings. The molecular weight excluding hydrogens is 472 g/mol. The van der Waals surface area contributed by atoms with Crippen molar-refractivity contribution in [1.29, 1.82) is 0 Å². The predicted octanol–water partition coefficient (Wildman–Crippen LogP) is 3.10. The Morgan fingerprint density at radius 1 is 1.24 bits per heavy atom. The van der Waals surface area contributed by atoms with Gasteiger partial charge in [0.15, 0.2) is 0 Å². The van der Waals surface area contributed by atoms with Gasteiger partial charge in [0.25, 0.3) is 5.56 Å². The van der Waals surface area contributed by atoms with Crippen molar-refractivity contribution < 1.29 is 19.4 Å². The lowest BCUT2D eigenvalue weighted by Gasteiger charge is -2.26. The third kappa shape index (κ3) is 6.11. The molecule has 1 aliphatic rings. The van der Waals surface area contributed by atoms with Crippen molar-refractivity contribution in [2.75, 3.05) is 19.8 Å². The van der Waals surface area contributed by atoms with Gasteiger partial charge in [-0.05, 0) is 56.4 Å². The van der Waals surface area contributed by atoms with Crippen molar-refractivity contribution >= 4 is 17.0 Å². The van der Waals surface area contributed by atoms with Crippen molar-refractivity contribution in [1.82, 2.24) is 19.4 Å². The first-order valence-corrected chi connectivity index (χ1v) is 13.0. The normalized spacial score (nSPS) is 16.3. The fraction of sp³-hybridized carbons (Fsp3) is 0.536. The smallest absolute Gasteiger partial charge is 0.325 e. The van der Waals surface area contributed by atoms with Crippen LogP contribution in [0.1, 0.15) is 50.8 Å². The summed E-state index contributed by atoms with van der Waals surface area (Å²) in [4.78, 5) is 29.8. The molecule has 0 bridgehead atoms. The number of rotatable bonds is 9. The number of nitrogens with one attached hydrogen (secondary N) is 1. The minimum atomic E-state index is -0.893. The zero-order valence-electron chi connectivity index (χ0n) is 22.4. The Hall–Kier alpha value is -3.01. The van der Waals surface area contributed by atoms with Gasteiger partial charge in [0.2, 0.25) is 0 Å². The van der Waals surface area contributed by atoms with Gasteiger partial charge >= 0.3 is 5.97 Å². The van der Waals surface area contributed by atoms with E-state index in [4.69, 9.17) is 14.5 Å². The largest absolute Gasteiger partial charge is 0.464 e. The Labute approximate surface area is 217 Å². The number of ether oxygens (including phenoxy) is 2. The van der Waals surface area contributed by atoms with Gasteiger partial charge in [0, 0.05) is 50.2 Å². The molecule has 9 nitrogen and oxygen atoms in total. The molecular formula is C28H38N4O5. The van der Waals surface area contributed by atoms with E-state index in [1.165, 1.54) is 0 Å². The fourth-order valence-corrected chi connectivity index (χ4v) is 4.79. The van der Waals surface area contributed by atoms with Crippen LogP contribution in [0.2, 0.25) is 0 Å². The number of imidazole rings is 1. The molecule has 0 saturated carbocycles. The van der Waals surface area contributed by atoms with Crippen LogP contribution in [0.5, 0.6) is 0 Å². The first-order valence-electron chi connectivity index (χ1n) is 13.0. The van der Waals surface area contributed by atoms with Crippen LogP contribution in [-0.4, -0.2) is 57.2 Å². The van der Waals surface area contributed by atoms with Gasteiger partial charge in [-0.3, -0.25) is 14.9 Å². The van der Waals surface area contributed by atoms with E-state index in [1.54, 1.807) is 18.5 Å². The van der Waals surface area contributed by atoms with Gasteiger partial charge < -0.3 is 23.7 Å². The molecule has 0 unspecified atom stereocenters. The van der Waals surface area contributed by atoms with Crippen LogP contribution in [0, 0.1) is 12.8 Å². The average molecular weight is 511 g/mol. The highest BCUT2D eigenvalue weighted by atomic mass is 16.5. The molecule has 3 aromatic rings. The molecule has 2 aromatic heterocycles.